The van der Waals surface area contributed by atoms with Crippen molar-refractivity contribution in [2.75, 3.05) is 18.5 Å². The van der Waals surface area contributed by atoms with E-state index < -0.39 is 11.9 Å². The molecule has 3 aromatic rings. The zero-order chi connectivity index (χ0) is 21.5. The molecule has 0 aliphatic carbocycles. The highest BCUT2D eigenvalue weighted by atomic mass is 32.1. The van der Waals surface area contributed by atoms with E-state index in [1.165, 1.54) is 17.6 Å². The quantitative estimate of drug-likeness (QED) is 0.390. The Labute approximate surface area is 177 Å². The third kappa shape index (κ3) is 4.96. The minimum atomic E-state index is -0.544. The van der Waals surface area contributed by atoms with Gasteiger partial charge in [-0.1, -0.05) is 6.92 Å². The molecule has 1 N–H and O–H groups in total. The van der Waals surface area contributed by atoms with Gasteiger partial charge in [-0.2, -0.15) is 0 Å². The molecule has 1 aromatic carbocycles. The molecule has 30 heavy (non-hydrogen) atoms. The Bertz CT molecular complexity index is 1020. The number of nitrogens with one attached hydrogen (secondary N) is 1. The van der Waals surface area contributed by atoms with Crippen LogP contribution in [-0.2, 0) is 9.53 Å². The topological polar surface area (TPSA) is 94.8 Å². The summed E-state index contributed by atoms with van der Waals surface area (Å²) in [6.45, 7) is 3.46. The number of amides is 1. The molecule has 0 fully saturated rings. The van der Waals surface area contributed by atoms with Gasteiger partial charge in [-0.3, -0.25) is 9.59 Å². The van der Waals surface area contributed by atoms with E-state index in [0.29, 0.717) is 34.1 Å². The van der Waals surface area contributed by atoms with E-state index in [0.717, 1.165) is 0 Å². The lowest BCUT2D eigenvalue weighted by atomic mass is 10.1. The number of ether oxygens (including phenoxy) is 2. The molecule has 2 heterocycles. The number of hydrogen-bond acceptors (Lipinski definition) is 7. The number of hydrogen-bond donors (Lipinski definition) is 1. The summed E-state index contributed by atoms with van der Waals surface area (Å²) in [6.07, 6.45) is 1.93. The predicted molar refractivity (Wildman–Crippen MR) is 113 cm³/mol. The van der Waals surface area contributed by atoms with Gasteiger partial charge in [0.15, 0.2) is 12.4 Å². The molecule has 0 radical (unpaired) electrons. The number of esters is 1. The first-order valence-electron chi connectivity index (χ1n) is 9.41. The van der Waals surface area contributed by atoms with Crippen LogP contribution in [0.1, 0.15) is 41.0 Å². The molecule has 0 saturated heterocycles. The van der Waals surface area contributed by atoms with Gasteiger partial charge in [-0.05, 0) is 43.3 Å². The van der Waals surface area contributed by atoms with Crippen LogP contribution in [0.15, 0.2) is 52.5 Å². The number of carbonyl (C=O) groups excluding carboxylic acids is 3. The first-order valence-corrected chi connectivity index (χ1v) is 10.3. The van der Waals surface area contributed by atoms with Crippen LogP contribution in [-0.4, -0.2) is 30.9 Å². The molecule has 0 bridgehead atoms. The van der Waals surface area contributed by atoms with Crippen LogP contribution in [0.25, 0.3) is 11.3 Å². The van der Waals surface area contributed by atoms with Crippen LogP contribution in [0, 0.1) is 0 Å². The van der Waals surface area contributed by atoms with E-state index in [-0.39, 0.29) is 24.6 Å². The van der Waals surface area contributed by atoms with Crippen LogP contribution in [0.4, 0.5) is 5.00 Å². The highest BCUT2D eigenvalue weighted by molar-refractivity contribution is 7.15. The molecular weight excluding hydrogens is 406 g/mol. The monoisotopic (exact) mass is 427 g/mol. The molecule has 0 atom stereocenters. The van der Waals surface area contributed by atoms with Crippen molar-refractivity contribution < 1.29 is 28.3 Å². The molecule has 2 aromatic heterocycles. The first-order chi connectivity index (χ1) is 14.5. The molecule has 0 unspecified atom stereocenters. The van der Waals surface area contributed by atoms with Crippen molar-refractivity contribution >= 4 is 34.0 Å². The van der Waals surface area contributed by atoms with Crippen LogP contribution in [0.5, 0.6) is 5.75 Å². The largest absolute Gasteiger partial charge is 0.484 e. The Morgan fingerprint density at radius 3 is 2.50 bits per heavy atom. The van der Waals surface area contributed by atoms with Gasteiger partial charge in [0.1, 0.15) is 22.1 Å². The maximum Gasteiger partial charge on any atom is 0.341 e. The molecule has 7 nitrogen and oxygen atoms in total. The summed E-state index contributed by atoms with van der Waals surface area (Å²) in [5, 5.41) is 4.79. The summed E-state index contributed by atoms with van der Waals surface area (Å²) < 4.78 is 16.0. The van der Waals surface area contributed by atoms with Gasteiger partial charge < -0.3 is 19.2 Å². The van der Waals surface area contributed by atoms with E-state index in [1.54, 1.807) is 55.6 Å². The van der Waals surface area contributed by atoms with Gasteiger partial charge >= 0.3 is 5.97 Å². The van der Waals surface area contributed by atoms with Crippen molar-refractivity contribution in [3.05, 3.63) is 59.2 Å². The molecule has 0 spiro atoms. The summed E-state index contributed by atoms with van der Waals surface area (Å²) in [7, 11) is 0. The van der Waals surface area contributed by atoms with E-state index in [9.17, 15) is 14.4 Å². The minimum absolute atomic E-state index is 0.0378. The van der Waals surface area contributed by atoms with Crippen LogP contribution >= 0.6 is 11.3 Å². The van der Waals surface area contributed by atoms with Crippen molar-refractivity contribution in [2.24, 2.45) is 0 Å². The molecule has 156 valence electrons. The van der Waals surface area contributed by atoms with Crippen molar-refractivity contribution in [2.45, 2.75) is 20.3 Å². The van der Waals surface area contributed by atoms with Crippen molar-refractivity contribution in [3.63, 3.8) is 0 Å². The summed E-state index contributed by atoms with van der Waals surface area (Å²) in [5.74, 6) is 0.0362. The van der Waals surface area contributed by atoms with Gasteiger partial charge in [0.25, 0.3) is 5.91 Å². The van der Waals surface area contributed by atoms with Gasteiger partial charge in [0.2, 0.25) is 0 Å². The molecule has 1 amide bonds. The number of ketones is 1. The highest BCUT2D eigenvalue weighted by Crippen LogP contribution is 2.36. The van der Waals surface area contributed by atoms with Gasteiger partial charge in [0.05, 0.1) is 12.9 Å². The van der Waals surface area contributed by atoms with Crippen LogP contribution in [0.3, 0.4) is 0 Å². The fraction of sp³-hybridized carbons (Fsp3) is 0.227. The number of benzene rings is 1. The number of rotatable bonds is 9. The van der Waals surface area contributed by atoms with Gasteiger partial charge in [-0.25, -0.2) is 4.79 Å². The highest BCUT2D eigenvalue weighted by Gasteiger charge is 2.24. The number of Topliss-reactive ketones (excluding diaryl/α,β-unsaturated/α-hetero) is 1. The van der Waals surface area contributed by atoms with Gasteiger partial charge in [0, 0.05) is 22.9 Å². The average molecular weight is 427 g/mol. The Balaban J connectivity index is 1.69. The number of thiophene rings is 1. The van der Waals surface area contributed by atoms with Crippen molar-refractivity contribution in [3.8, 4) is 17.1 Å². The van der Waals surface area contributed by atoms with E-state index in [1.807, 2.05) is 0 Å². The molecular formula is C22H21NO6S. The zero-order valence-corrected chi connectivity index (χ0v) is 17.4. The average Bonchev–Trinajstić information content (AvgIpc) is 3.42. The van der Waals surface area contributed by atoms with Crippen molar-refractivity contribution in [1.82, 2.24) is 0 Å². The smallest absolute Gasteiger partial charge is 0.341 e. The SMILES string of the molecule is CCOC(=O)c1c(-c2ccco2)csc1NC(=O)COc1ccc(C(=O)CC)cc1. The van der Waals surface area contributed by atoms with Crippen LogP contribution in [0.2, 0.25) is 0 Å². The lowest BCUT2D eigenvalue weighted by molar-refractivity contribution is -0.118. The Morgan fingerprint density at radius 1 is 1.10 bits per heavy atom. The van der Waals surface area contributed by atoms with E-state index in [2.05, 4.69) is 5.32 Å². The molecule has 0 aliphatic heterocycles. The van der Waals surface area contributed by atoms with Crippen molar-refractivity contribution in [1.29, 1.82) is 0 Å². The molecule has 8 heteroatoms. The van der Waals surface area contributed by atoms with Gasteiger partial charge in [-0.15, -0.1) is 11.3 Å². The Hall–Kier alpha value is -3.39. The molecule has 0 aliphatic rings. The second-order valence-corrected chi connectivity index (χ2v) is 7.07. The third-order valence-electron chi connectivity index (χ3n) is 4.18. The number of furan rings is 1. The molecule has 3 rings (SSSR count). The van der Waals surface area contributed by atoms with E-state index >= 15 is 0 Å². The standard InChI is InChI=1S/C22H21NO6S/c1-3-17(24)14-7-9-15(10-8-14)29-12-19(25)23-21-20(22(26)27-4-2)16(13-30-21)18-6-5-11-28-18/h5-11,13H,3-4,12H2,1-2H3,(H,23,25). The Kier molecular flexibility index (Phi) is 7.03. The summed E-state index contributed by atoms with van der Waals surface area (Å²) in [6, 6.07) is 10.0. The lowest BCUT2D eigenvalue weighted by Crippen LogP contribution is -2.21. The summed E-state index contributed by atoms with van der Waals surface area (Å²) >= 11 is 1.20. The fourth-order valence-electron chi connectivity index (χ4n) is 2.72. The summed E-state index contributed by atoms with van der Waals surface area (Å²) in [4.78, 5) is 36.5. The second-order valence-electron chi connectivity index (χ2n) is 6.19. The summed E-state index contributed by atoms with van der Waals surface area (Å²) in [5.41, 5.74) is 1.39. The Morgan fingerprint density at radius 2 is 1.87 bits per heavy atom. The molecule has 0 saturated carbocycles. The van der Waals surface area contributed by atoms with E-state index in [4.69, 9.17) is 13.9 Å². The second kappa shape index (κ2) is 9.89. The van der Waals surface area contributed by atoms with Crippen LogP contribution < -0.4 is 10.1 Å². The predicted octanol–water partition coefficient (Wildman–Crippen LogP) is 4.80. The number of carbonyl (C=O) groups is 3. The normalized spacial score (nSPS) is 10.5. The first kappa shape index (κ1) is 21.3. The lowest BCUT2D eigenvalue weighted by Gasteiger charge is -2.09. The number of anilines is 1. The maximum absolute atomic E-state index is 12.4. The maximum atomic E-state index is 12.4. The zero-order valence-electron chi connectivity index (χ0n) is 16.6. The minimum Gasteiger partial charge on any atom is -0.484 e. The fourth-order valence-corrected chi connectivity index (χ4v) is 3.68. The third-order valence-corrected chi connectivity index (χ3v) is 5.07.